The molecule has 0 fully saturated rings. The molecule has 0 spiro atoms. The fraction of sp³-hybridized carbons (Fsp3) is 0.733. The zero-order valence-corrected chi connectivity index (χ0v) is 19.8. The van der Waals surface area contributed by atoms with Crippen molar-refractivity contribution in [2.45, 2.75) is 42.8 Å². The maximum atomic E-state index is 13.8. The van der Waals surface area contributed by atoms with Crippen LogP contribution in [0.15, 0.2) is 12.7 Å². The Labute approximate surface area is 199 Å². The molecule has 0 unspecified atom stereocenters. The summed E-state index contributed by atoms with van der Waals surface area (Å²) in [4.78, 5) is 21.9. The van der Waals surface area contributed by atoms with Crippen molar-refractivity contribution < 1.29 is 75.2 Å². The highest BCUT2D eigenvalue weighted by molar-refractivity contribution is 8.03. The number of esters is 1. The van der Waals surface area contributed by atoms with Crippen LogP contribution in [-0.4, -0.2) is 84.2 Å². The van der Waals surface area contributed by atoms with Crippen LogP contribution in [0, 0.1) is 0 Å². The van der Waals surface area contributed by atoms with Crippen LogP contribution >= 0.6 is 0 Å². The van der Waals surface area contributed by atoms with Gasteiger partial charge in [-0.25, -0.2) is 18.0 Å². The van der Waals surface area contributed by atoms with Gasteiger partial charge in [-0.15, -0.1) is 0 Å². The first-order valence-corrected chi connectivity index (χ1v) is 12.0. The smallest absolute Gasteiger partial charge is 0.407 e. The summed E-state index contributed by atoms with van der Waals surface area (Å²) in [7, 11) is -10.6. The van der Waals surface area contributed by atoms with Gasteiger partial charge in [-0.1, -0.05) is 10.7 Å². The maximum absolute atomic E-state index is 13.8. The molecular weight excluding hydrogens is 568 g/mol. The van der Waals surface area contributed by atoms with E-state index in [1.165, 1.54) is 0 Å². The number of rotatable bonds is 15. The Morgan fingerprint density at radius 1 is 0.889 bits per heavy atom. The SMILES string of the molecule is C=CC(=O)OCCNC(=O)OCC(F)(F)C(F)(F)C(F)(F)C(F)(F)COS(=O)(=O)NS(=O)(=O)C(C)C. The molecule has 21 heteroatoms. The maximum Gasteiger partial charge on any atom is 0.407 e. The molecule has 0 atom stereocenters. The summed E-state index contributed by atoms with van der Waals surface area (Å²) in [6.45, 7) is -2.41. The minimum absolute atomic E-state index is 0.576. The van der Waals surface area contributed by atoms with Crippen molar-refractivity contribution in [1.29, 1.82) is 0 Å². The fourth-order valence-corrected chi connectivity index (χ4v) is 4.03. The molecule has 0 aliphatic carbocycles. The number of nitrogens with one attached hydrogen (secondary N) is 2. The number of sulfonamides is 1. The third kappa shape index (κ3) is 8.69. The molecule has 0 aromatic heterocycles. The summed E-state index contributed by atoms with van der Waals surface area (Å²) in [6, 6.07) is 0. The number of carbonyl (C=O) groups is 2. The van der Waals surface area contributed by atoms with E-state index in [0.29, 0.717) is 10.2 Å². The molecule has 36 heavy (non-hydrogen) atoms. The van der Waals surface area contributed by atoms with Crippen LogP contribution in [0.4, 0.5) is 39.9 Å². The molecule has 0 aliphatic rings. The molecule has 0 aromatic carbocycles. The largest absolute Gasteiger partial charge is 0.461 e. The second kappa shape index (κ2) is 11.9. The molecule has 0 aliphatic heterocycles. The Hall–Kier alpha value is -2.26. The van der Waals surface area contributed by atoms with Gasteiger partial charge in [-0.2, -0.15) is 43.5 Å². The molecule has 212 valence electrons. The monoisotopic (exact) mass is 588 g/mol. The second-order valence-electron chi connectivity index (χ2n) is 6.83. The van der Waals surface area contributed by atoms with Crippen LogP contribution in [0.3, 0.4) is 0 Å². The molecule has 0 heterocycles. The van der Waals surface area contributed by atoms with E-state index < -0.39 is 87.7 Å². The lowest BCUT2D eigenvalue weighted by Gasteiger charge is -2.36. The molecular formula is C15H20F8N2O9S2. The predicted molar refractivity (Wildman–Crippen MR) is 102 cm³/mol. The quantitative estimate of drug-likeness (QED) is 0.126. The van der Waals surface area contributed by atoms with Crippen LogP contribution in [0.25, 0.3) is 0 Å². The number of alkyl carbamates (subject to hydrolysis) is 1. The molecule has 0 aromatic rings. The van der Waals surface area contributed by atoms with Crippen molar-refractivity contribution in [2.75, 3.05) is 26.4 Å². The van der Waals surface area contributed by atoms with E-state index in [2.05, 4.69) is 20.2 Å². The van der Waals surface area contributed by atoms with Crippen LogP contribution in [0.1, 0.15) is 13.8 Å². The number of amides is 1. The van der Waals surface area contributed by atoms with Gasteiger partial charge in [0.15, 0.2) is 6.61 Å². The first-order valence-electron chi connectivity index (χ1n) is 9.08. The van der Waals surface area contributed by atoms with E-state index in [-0.39, 0.29) is 0 Å². The van der Waals surface area contributed by atoms with Crippen molar-refractivity contribution in [3.05, 3.63) is 12.7 Å². The lowest BCUT2D eigenvalue weighted by atomic mass is 9.99. The molecule has 11 nitrogen and oxygen atoms in total. The van der Waals surface area contributed by atoms with Gasteiger partial charge in [0.05, 0.1) is 11.8 Å². The number of halogens is 8. The van der Waals surface area contributed by atoms with Gasteiger partial charge < -0.3 is 14.8 Å². The van der Waals surface area contributed by atoms with Gasteiger partial charge in [0.1, 0.15) is 13.2 Å². The van der Waals surface area contributed by atoms with Crippen LogP contribution in [0.5, 0.6) is 0 Å². The number of hydrogen-bond acceptors (Lipinski definition) is 9. The normalized spacial score (nSPS) is 13.9. The molecule has 0 saturated heterocycles. The van der Waals surface area contributed by atoms with Gasteiger partial charge in [-0.05, 0) is 13.8 Å². The van der Waals surface area contributed by atoms with Gasteiger partial charge in [-0.3, -0.25) is 4.18 Å². The van der Waals surface area contributed by atoms with E-state index in [0.717, 1.165) is 13.8 Å². The van der Waals surface area contributed by atoms with E-state index >= 15 is 0 Å². The van der Waals surface area contributed by atoms with Gasteiger partial charge in [0, 0.05) is 6.08 Å². The Morgan fingerprint density at radius 2 is 1.36 bits per heavy atom. The molecule has 0 radical (unpaired) electrons. The molecule has 2 N–H and O–H groups in total. The van der Waals surface area contributed by atoms with E-state index in [1.807, 2.05) is 0 Å². The minimum Gasteiger partial charge on any atom is -0.461 e. The number of hydrogen-bond donors (Lipinski definition) is 2. The third-order valence-corrected chi connectivity index (χ3v) is 7.13. The Kier molecular flexibility index (Phi) is 11.1. The summed E-state index contributed by atoms with van der Waals surface area (Å²) in [5.41, 5.74) is 0. The summed E-state index contributed by atoms with van der Waals surface area (Å²) < 4.78 is 168. The van der Waals surface area contributed by atoms with Crippen LogP contribution < -0.4 is 9.44 Å². The van der Waals surface area contributed by atoms with Crippen molar-refractivity contribution in [3.63, 3.8) is 0 Å². The summed E-state index contributed by atoms with van der Waals surface area (Å²) in [5, 5.41) is 0.0894. The number of carbonyl (C=O) groups excluding carboxylic acids is 2. The first kappa shape index (κ1) is 33.7. The van der Waals surface area contributed by atoms with E-state index in [1.54, 1.807) is 5.32 Å². The highest BCUT2D eigenvalue weighted by Gasteiger charge is 2.81. The van der Waals surface area contributed by atoms with Crippen LogP contribution in [0.2, 0.25) is 0 Å². The van der Waals surface area contributed by atoms with Gasteiger partial charge >= 0.3 is 46.1 Å². The number of ether oxygens (including phenoxy) is 2. The second-order valence-corrected chi connectivity index (χ2v) is 10.7. The lowest BCUT2D eigenvalue weighted by Crippen LogP contribution is -2.64. The van der Waals surface area contributed by atoms with Gasteiger partial charge in [0.2, 0.25) is 10.0 Å². The molecule has 0 rings (SSSR count). The number of alkyl halides is 8. The van der Waals surface area contributed by atoms with Crippen molar-refractivity contribution in [1.82, 2.24) is 9.44 Å². The Balaban J connectivity index is 5.34. The van der Waals surface area contributed by atoms with Crippen LogP contribution in [-0.2, 0) is 38.8 Å². The third-order valence-electron chi connectivity index (χ3n) is 3.71. The summed E-state index contributed by atoms with van der Waals surface area (Å²) in [6.07, 6.45) is -1.20. The zero-order valence-electron chi connectivity index (χ0n) is 18.2. The molecule has 0 bridgehead atoms. The van der Waals surface area contributed by atoms with E-state index in [4.69, 9.17) is 0 Å². The average Bonchev–Trinajstić information content (AvgIpc) is 2.72. The zero-order chi connectivity index (χ0) is 28.8. The standard InChI is InChI=1S/C15H20F8N2O9S2/c1-4-10(26)32-6-5-24-11(27)33-7-12(16,17)14(20,21)15(22,23)13(18,19)8-34-36(30,31)25-35(28,29)9(2)3/h4,9,25H,1,5-8H2,2-3H3,(H,24,27). The minimum atomic E-state index is -7.02. The lowest BCUT2D eigenvalue weighted by molar-refractivity contribution is -0.372. The van der Waals surface area contributed by atoms with Crippen molar-refractivity contribution in [2.24, 2.45) is 0 Å². The topological polar surface area (TPSA) is 154 Å². The highest BCUT2D eigenvalue weighted by Crippen LogP contribution is 2.52. The highest BCUT2D eigenvalue weighted by atomic mass is 32.3. The molecule has 0 saturated carbocycles. The van der Waals surface area contributed by atoms with Crippen molar-refractivity contribution >= 4 is 32.4 Å². The Morgan fingerprint density at radius 3 is 1.81 bits per heavy atom. The van der Waals surface area contributed by atoms with E-state index in [9.17, 15) is 61.5 Å². The summed E-state index contributed by atoms with van der Waals surface area (Å²) in [5.74, 6) is -27.4. The first-order chi connectivity index (χ1) is 16.0. The molecule has 1 amide bonds. The Bertz CT molecular complexity index is 1020. The fourth-order valence-electron chi connectivity index (χ4n) is 1.63. The van der Waals surface area contributed by atoms with Crippen molar-refractivity contribution in [3.8, 4) is 0 Å². The van der Waals surface area contributed by atoms with Gasteiger partial charge in [0.25, 0.3) is 0 Å². The predicted octanol–water partition coefficient (Wildman–Crippen LogP) is 1.57. The summed E-state index contributed by atoms with van der Waals surface area (Å²) >= 11 is 0. The average molecular weight is 588 g/mol.